The highest BCUT2D eigenvalue weighted by Crippen LogP contribution is 2.27. The number of para-hydroxylation sites is 1. The Hall–Kier alpha value is -3.43. The van der Waals surface area contributed by atoms with E-state index in [4.69, 9.17) is 0 Å². The van der Waals surface area contributed by atoms with E-state index in [-0.39, 0.29) is 36.3 Å². The molecule has 0 bridgehead atoms. The normalized spacial score (nSPS) is 18.5. The zero-order valence-electron chi connectivity index (χ0n) is 20.2. The summed E-state index contributed by atoms with van der Waals surface area (Å²) in [6, 6.07) is 4.41. The van der Waals surface area contributed by atoms with Crippen molar-refractivity contribution in [3.8, 4) is 0 Å². The number of piperidine rings is 2. The van der Waals surface area contributed by atoms with Crippen molar-refractivity contribution in [2.45, 2.75) is 70.3 Å². The molecule has 2 aliphatic heterocycles. The lowest BCUT2D eigenvalue weighted by molar-refractivity contribution is -0.136. The molecule has 2 fully saturated rings. The molecule has 35 heavy (non-hydrogen) atoms. The largest absolute Gasteiger partial charge is 0.343 e. The molecular formula is C25H33N5O5. The minimum atomic E-state index is -0.775. The fourth-order valence-corrected chi connectivity index (χ4v) is 5.02. The van der Waals surface area contributed by atoms with Crippen molar-refractivity contribution in [2.24, 2.45) is 7.05 Å². The van der Waals surface area contributed by atoms with E-state index in [2.05, 4.69) is 10.6 Å². The number of nitrogens with one attached hydrogen (secondary N) is 2. The first-order valence-electron chi connectivity index (χ1n) is 12.5. The summed E-state index contributed by atoms with van der Waals surface area (Å²) in [7, 11) is 1.60. The number of rotatable bonds is 8. The monoisotopic (exact) mass is 483 g/mol. The number of nitrogens with zero attached hydrogens (tertiary/aromatic N) is 3. The van der Waals surface area contributed by atoms with Gasteiger partial charge in [0, 0.05) is 39.4 Å². The van der Waals surface area contributed by atoms with E-state index in [1.165, 1.54) is 15.6 Å². The molecule has 0 saturated carbocycles. The van der Waals surface area contributed by atoms with Crippen LogP contribution in [-0.4, -0.2) is 50.8 Å². The summed E-state index contributed by atoms with van der Waals surface area (Å²) in [6.07, 6.45) is 6.85. The SMILES string of the molecule is Cn1c(=O)n(C2CCC(=O)NC2=O)c2cccc(NC(=O)CCCCCC(=O)N3CCCCC3)c21. The lowest BCUT2D eigenvalue weighted by Gasteiger charge is -2.26. The maximum atomic E-state index is 13.0. The number of hydrogen-bond donors (Lipinski definition) is 2. The van der Waals surface area contributed by atoms with Crippen LogP contribution in [-0.2, 0) is 26.2 Å². The Labute approximate surface area is 203 Å². The predicted octanol–water partition coefficient (Wildman–Crippen LogP) is 2.22. The first-order chi connectivity index (χ1) is 16.9. The molecule has 2 saturated heterocycles. The number of amides is 4. The molecule has 4 rings (SSSR count). The van der Waals surface area contributed by atoms with Crippen molar-refractivity contribution in [3.05, 3.63) is 28.7 Å². The number of imidazole rings is 1. The van der Waals surface area contributed by atoms with Gasteiger partial charge in [-0.25, -0.2) is 4.79 Å². The number of imide groups is 1. The summed E-state index contributed by atoms with van der Waals surface area (Å²) < 4.78 is 2.81. The quantitative estimate of drug-likeness (QED) is 0.440. The van der Waals surface area contributed by atoms with Crippen LogP contribution in [0.2, 0.25) is 0 Å². The first-order valence-corrected chi connectivity index (χ1v) is 12.5. The Morgan fingerprint density at radius 2 is 1.77 bits per heavy atom. The van der Waals surface area contributed by atoms with Gasteiger partial charge in [-0.05, 0) is 50.7 Å². The van der Waals surface area contributed by atoms with Crippen LogP contribution in [0.25, 0.3) is 11.0 Å². The predicted molar refractivity (Wildman–Crippen MR) is 131 cm³/mol. The van der Waals surface area contributed by atoms with Gasteiger partial charge in [-0.3, -0.25) is 33.6 Å². The van der Waals surface area contributed by atoms with Gasteiger partial charge in [0.25, 0.3) is 0 Å². The van der Waals surface area contributed by atoms with Gasteiger partial charge in [0.1, 0.15) is 6.04 Å². The molecule has 10 nitrogen and oxygen atoms in total. The number of unbranched alkanes of at least 4 members (excludes halogenated alkanes) is 2. The van der Waals surface area contributed by atoms with Crippen molar-refractivity contribution in [3.63, 3.8) is 0 Å². The third-order valence-corrected chi connectivity index (χ3v) is 6.90. The van der Waals surface area contributed by atoms with E-state index in [0.717, 1.165) is 38.8 Å². The molecule has 2 N–H and O–H groups in total. The highest BCUT2D eigenvalue weighted by atomic mass is 16.2. The second-order valence-electron chi connectivity index (χ2n) is 9.40. The molecule has 4 amide bonds. The number of aryl methyl sites for hydroxylation is 1. The zero-order valence-corrected chi connectivity index (χ0v) is 20.2. The van der Waals surface area contributed by atoms with Crippen molar-refractivity contribution in [1.29, 1.82) is 0 Å². The van der Waals surface area contributed by atoms with Crippen LogP contribution in [0.1, 0.15) is 70.3 Å². The summed E-state index contributed by atoms with van der Waals surface area (Å²) >= 11 is 0. The van der Waals surface area contributed by atoms with Gasteiger partial charge in [-0.15, -0.1) is 0 Å². The summed E-state index contributed by atoms with van der Waals surface area (Å²) in [5.41, 5.74) is 1.18. The highest BCUT2D eigenvalue weighted by molar-refractivity contribution is 6.02. The Morgan fingerprint density at radius 1 is 1.03 bits per heavy atom. The third-order valence-electron chi connectivity index (χ3n) is 6.90. The van der Waals surface area contributed by atoms with Gasteiger partial charge in [-0.1, -0.05) is 12.5 Å². The van der Waals surface area contributed by atoms with Crippen LogP contribution in [0.3, 0.4) is 0 Å². The van der Waals surface area contributed by atoms with E-state index < -0.39 is 11.9 Å². The minimum Gasteiger partial charge on any atom is -0.343 e. The molecule has 1 unspecified atom stereocenters. The Bertz CT molecular complexity index is 1190. The van der Waals surface area contributed by atoms with E-state index in [0.29, 0.717) is 36.0 Å². The van der Waals surface area contributed by atoms with E-state index in [1.807, 2.05) is 4.90 Å². The molecule has 1 aromatic heterocycles. The molecule has 0 spiro atoms. The highest BCUT2D eigenvalue weighted by Gasteiger charge is 2.31. The maximum Gasteiger partial charge on any atom is 0.329 e. The Morgan fingerprint density at radius 3 is 2.51 bits per heavy atom. The van der Waals surface area contributed by atoms with Crippen LogP contribution in [0, 0.1) is 0 Å². The molecule has 0 radical (unpaired) electrons. The average Bonchev–Trinajstić information content (AvgIpc) is 3.10. The summed E-state index contributed by atoms with van der Waals surface area (Å²) in [4.78, 5) is 63.7. The Kier molecular flexibility index (Phi) is 7.67. The molecule has 2 aromatic rings. The van der Waals surface area contributed by atoms with Gasteiger partial charge < -0.3 is 10.2 Å². The standard InChI is InChI=1S/C25H33N5O5/c1-28-23-17(26-20(31)11-4-2-5-12-22(33)29-15-6-3-7-16-29)9-8-10-18(23)30(25(28)35)19-13-14-21(32)27-24(19)34/h8-10,19H,2-7,11-16H2,1H3,(H,26,31)(H,27,32,34). The van der Waals surface area contributed by atoms with Gasteiger partial charge in [0.15, 0.2) is 0 Å². The lowest BCUT2D eigenvalue weighted by Crippen LogP contribution is -2.44. The van der Waals surface area contributed by atoms with Crippen LogP contribution in [0.4, 0.5) is 5.69 Å². The average molecular weight is 484 g/mol. The van der Waals surface area contributed by atoms with E-state index >= 15 is 0 Å². The summed E-state index contributed by atoms with van der Waals surface area (Å²) in [5.74, 6) is -0.796. The van der Waals surface area contributed by atoms with Crippen LogP contribution >= 0.6 is 0 Å². The molecule has 10 heteroatoms. The number of fused-ring (bicyclic) bond motifs is 1. The van der Waals surface area contributed by atoms with Gasteiger partial charge in [0.2, 0.25) is 23.6 Å². The summed E-state index contributed by atoms with van der Waals surface area (Å²) in [6.45, 7) is 1.72. The smallest absolute Gasteiger partial charge is 0.329 e. The number of likely N-dealkylation sites (tertiary alicyclic amines) is 1. The second kappa shape index (κ2) is 10.9. The number of carbonyl (C=O) groups is 4. The molecule has 2 aliphatic rings. The fourth-order valence-electron chi connectivity index (χ4n) is 5.02. The molecule has 1 aromatic carbocycles. The molecule has 1 atom stereocenters. The topological polar surface area (TPSA) is 123 Å². The number of benzene rings is 1. The van der Waals surface area contributed by atoms with Gasteiger partial charge >= 0.3 is 5.69 Å². The first kappa shape index (κ1) is 24.7. The van der Waals surface area contributed by atoms with Crippen molar-refractivity contribution < 1.29 is 19.2 Å². The van der Waals surface area contributed by atoms with Gasteiger partial charge in [0.05, 0.1) is 16.7 Å². The second-order valence-corrected chi connectivity index (χ2v) is 9.40. The maximum absolute atomic E-state index is 13.0. The van der Waals surface area contributed by atoms with Crippen LogP contribution in [0.5, 0.6) is 0 Å². The van der Waals surface area contributed by atoms with Crippen molar-refractivity contribution >= 4 is 40.3 Å². The fraction of sp³-hybridized carbons (Fsp3) is 0.560. The molecule has 188 valence electrons. The molecule has 0 aliphatic carbocycles. The van der Waals surface area contributed by atoms with Crippen molar-refractivity contribution in [2.75, 3.05) is 18.4 Å². The molecular weight excluding hydrogens is 450 g/mol. The Balaban J connectivity index is 1.35. The minimum absolute atomic E-state index is 0.166. The van der Waals surface area contributed by atoms with Gasteiger partial charge in [-0.2, -0.15) is 0 Å². The zero-order chi connectivity index (χ0) is 24.9. The van der Waals surface area contributed by atoms with E-state index in [9.17, 15) is 24.0 Å². The number of hydrogen-bond acceptors (Lipinski definition) is 5. The van der Waals surface area contributed by atoms with E-state index in [1.54, 1.807) is 25.2 Å². The third kappa shape index (κ3) is 5.47. The molecule has 3 heterocycles. The summed E-state index contributed by atoms with van der Waals surface area (Å²) in [5, 5.41) is 5.19. The van der Waals surface area contributed by atoms with Crippen molar-refractivity contribution in [1.82, 2.24) is 19.4 Å². The lowest BCUT2D eigenvalue weighted by atomic mass is 10.1. The number of carbonyl (C=O) groups excluding carboxylic acids is 4. The number of aromatic nitrogens is 2. The number of anilines is 1. The van der Waals surface area contributed by atoms with Crippen LogP contribution < -0.4 is 16.3 Å². The van der Waals surface area contributed by atoms with Crippen LogP contribution in [0.15, 0.2) is 23.0 Å².